The summed E-state index contributed by atoms with van der Waals surface area (Å²) in [5.41, 5.74) is 0. The van der Waals surface area contributed by atoms with Crippen LogP contribution in [-0.2, 0) is 23.8 Å². The number of hydrogen-bond acceptors (Lipinski definition) is 6. The Balaban J connectivity index is 2.25. The Bertz CT molecular complexity index is 576. The number of esters is 2. The van der Waals surface area contributed by atoms with Crippen molar-refractivity contribution in [3.05, 3.63) is 16.9 Å². The zero-order valence-electron chi connectivity index (χ0n) is 13.6. The highest BCUT2D eigenvalue weighted by atomic mass is 79.9. The average Bonchev–Trinajstić information content (AvgIpc) is 2.86. The molecule has 0 aromatic carbocycles. The van der Waals surface area contributed by atoms with Crippen LogP contribution in [-0.4, -0.2) is 40.7 Å². The van der Waals surface area contributed by atoms with Gasteiger partial charge in [-0.05, 0) is 15.9 Å². The topological polar surface area (TPSA) is 79.7 Å². The van der Waals surface area contributed by atoms with E-state index in [0.29, 0.717) is 0 Å². The van der Waals surface area contributed by atoms with Crippen molar-refractivity contribution in [1.82, 2.24) is 9.78 Å². The van der Waals surface area contributed by atoms with E-state index in [0.717, 1.165) is 4.47 Å². The molecule has 0 N–H and O–H groups in total. The van der Waals surface area contributed by atoms with Gasteiger partial charge < -0.3 is 14.2 Å². The Kier molecular flexibility index (Phi) is 5.80. The van der Waals surface area contributed by atoms with E-state index in [1.165, 1.54) is 13.8 Å². The lowest BCUT2D eigenvalue weighted by Crippen LogP contribution is -2.49. The molecule has 1 aromatic rings. The summed E-state index contributed by atoms with van der Waals surface area (Å²) in [5, 5.41) is 4.35. The van der Waals surface area contributed by atoms with Gasteiger partial charge in [-0.25, -0.2) is 0 Å². The summed E-state index contributed by atoms with van der Waals surface area (Å²) in [5.74, 6) is -0.873. The standard InChI is InChI=1S/C15H21BrN2O5/c1-8-13(7-21-10(3)19)23-15(22-11(4)20)9(2)14(8)18-6-12(16)5-17-18/h5-6,8-9,13-15H,7H2,1-4H3/t8-,9?,13?,14-,15+/m0/s1. The van der Waals surface area contributed by atoms with Crippen LogP contribution < -0.4 is 0 Å². The van der Waals surface area contributed by atoms with Crippen LogP contribution in [0.4, 0.5) is 0 Å². The molecule has 5 atom stereocenters. The van der Waals surface area contributed by atoms with Crippen molar-refractivity contribution in [1.29, 1.82) is 0 Å². The Labute approximate surface area is 143 Å². The molecule has 1 saturated heterocycles. The van der Waals surface area contributed by atoms with Crippen molar-refractivity contribution in [2.24, 2.45) is 11.8 Å². The van der Waals surface area contributed by atoms with Gasteiger partial charge in [0.1, 0.15) is 12.7 Å². The molecule has 2 heterocycles. The van der Waals surface area contributed by atoms with Crippen LogP contribution in [0.25, 0.3) is 0 Å². The predicted octanol–water partition coefficient (Wildman–Crippen LogP) is 2.31. The van der Waals surface area contributed by atoms with Crippen LogP contribution in [0, 0.1) is 11.8 Å². The van der Waals surface area contributed by atoms with Gasteiger partial charge in [0, 0.05) is 31.9 Å². The minimum atomic E-state index is -0.711. The molecule has 2 unspecified atom stereocenters. The quantitative estimate of drug-likeness (QED) is 0.736. The zero-order chi connectivity index (χ0) is 17.1. The predicted molar refractivity (Wildman–Crippen MR) is 84.4 cm³/mol. The zero-order valence-corrected chi connectivity index (χ0v) is 15.1. The fourth-order valence-corrected chi connectivity index (χ4v) is 3.23. The smallest absolute Gasteiger partial charge is 0.304 e. The third-order valence-corrected chi connectivity index (χ3v) is 4.42. The van der Waals surface area contributed by atoms with Gasteiger partial charge in [-0.1, -0.05) is 13.8 Å². The molecule has 1 aliphatic rings. The largest absolute Gasteiger partial charge is 0.463 e. The maximum absolute atomic E-state index is 11.3. The normalized spacial score (nSPS) is 30.7. The second kappa shape index (κ2) is 7.44. The Hall–Kier alpha value is -1.41. The summed E-state index contributed by atoms with van der Waals surface area (Å²) in [4.78, 5) is 22.4. The average molecular weight is 389 g/mol. The van der Waals surface area contributed by atoms with Crippen LogP contribution >= 0.6 is 15.9 Å². The van der Waals surface area contributed by atoms with Crippen LogP contribution in [0.15, 0.2) is 16.9 Å². The summed E-state index contributed by atoms with van der Waals surface area (Å²) < 4.78 is 18.9. The first-order valence-corrected chi connectivity index (χ1v) is 8.24. The van der Waals surface area contributed by atoms with Crippen LogP contribution in [0.3, 0.4) is 0 Å². The Morgan fingerprint density at radius 1 is 1.30 bits per heavy atom. The number of hydrogen-bond donors (Lipinski definition) is 0. The molecular formula is C15H21BrN2O5. The maximum Gasteiger partial charge on any atom is 0.304 e. The Morgan fingerprint density at radius 2 is 2.00 bits per heavy atom. The molecule has 0 amide bonds. The van der Waals surface area contributed by atoms with Gasteiger partial charge in [-0.3, -0.25) is 14.3 Å². The second-order valence-electron chi connectivity index (χ2n) is 5.80. The van der Waals surface area contributed by atoms with Gasteiger partial charge in [0.2, 0.25) is 6.29 Å². The van der Waals surface area contributed by atoms with Crippen molar-refractivity contribution >= 4 is 27.9 Å². The van der Waals surface area contributed by atoms with Crippen molar-refractivity contribution < 1.29 is 23.8 Å². The molecule has 0 saturated carbocycles. The maximum atomic E-state index is 11.3. The summed E-state index contributed by atoms with van der Waals surface area (Å²) >= 11 is 3.39. The molecule has 7 nitrogen and oxygen atoms in total. The molecule has 0 spiro atoms. The lowest BCUT2D eigenvalue weighted by Gasteiger charge is -2.43. The number of halogens is 1. The highest BCUT2D eigenvalue weighted by Gasteiger charge is 2.44. The van der Waals surface area contributed by atoms with E-state index in [1.54, 1.807) is 6.20 Å². The Morgan fingerprint density at radius 3 is 2.52 bits per heavy atom. The fourth-order valence-electron chi connectivity index (χ4n) is 2.93. The third kappa shape index (κ3) is 4.32. The van der Waals surface area contributed by atoms with E-state index in [4.69, 9.17) is 14.2 Å². The molecule has 23 heavy (non-hydrogen) atoms. The van der Waals surface area contributed by atoms with Gasteiger partial charge in [-0.2, -0.15) is 5.10 Å². The van der Waals surface area contributed by atoms with Gasteiger partial charge >= 0.3 is 11.9 Å². The highest BCUT2D eigenvalue weighted by molar-refractivity contribution is 9.10. The van der Waals surface area contributed by atoms with Crippen LogP contribution in [0.1, 0.15) is 33.7 Å². The lowest BCUT2D eigenvalue weighted by atomic mass is 9.83. The molecule has 1 fully saturated rings. The van der Waals surface area contributed by atoms with Crippen molar-refractivity contribution in [3.8, 4) is 0 Å². The first kappa shape index (κ1) is 17.9. The minimum absolute atomic E-state index is 0.0166. The molecule has 0 bridgehead atoms. The van der Waals surface area contributed by atoms with Gasteiger partial charge in [-0.15, -0.1) is 0 Å². The van der Waals surface area contributed by atoms with E-state index in [-0.39, 0.29) is 36.6 Å². The van der Waals surface area contributed by atoms with Crippen LogP contribution in [0.5, 0.6) is 0 Å². The molecule has 128 valence electrons. The lowest BCUT2D eigenvalue weighted by molar-refractivity contribution is -0.248. The van der Waals surface area contributed by atoms with Crippen LogP contribution in [0.2, 0.25) is 0 Å². The van der Waals surface area contributed by atoms with Gasteiger partial charge in [0.25, 0.3) is 0 Å². The molecule has 1 aliphatic heterocycles. The molecule has 0 aliphatic carbocycles. The highest BCUT2D eigenvalue weighted by Crippen LogP contribution is 2.39. The third-order valence-electron chi connectivity index (χ3n) is 4.01. The van der Waals surface area contributed by atoms with E-state index in [1.807, 2.05) is 24.7 Å². The van der Waals surface area contributed by atoms with E-state index < -0.39 is 12.3 Å². The molecule has 2 rings (SSSR count). The SMILES string of the molecule is CC(=O)OCC1O[C@@H](OC(C)=O)C(C)[C@@H](n2cc(Br)cn2)[C@H]1C. The number of aromatic nitrogens is 2. The summed E-state index contributed by atoms with van der Waals surface area (Å²) in [6.07, 6.45) is 2.48. The number of nitrogens with zero attached hydrogens (tertiary/aromatic N) is 2. The fraction of sp³-hybridized carbons (Fsp3) is 0.667. The van der Waals surface area contributed by atoms with Gasteiger partial charge in [0.15, 0.2) is 0 Å². The number of rotatable bonds is 4. The van der Waals surface area contributed by atoms with E-state index in [2.05, 4.69) is 21.0 Å². The molecule has 1 aromatic heterocycles. The second-order valence-corrected chi connectivity index (χ2v) is 6.72. The first-order chi connectivity index (χ1) is 10.8. The summed E-state index contributed by atoms with van der Waals surface area (Å²) in [6.45, 7) is 6.76. The monoisotopic (exact) mass is 388 g/mol. The molecule has 0 radical (unpaired) electrons. The number of carbonyl (C=O) groups excluding carboxylic acids is 2. The van der Waals surface area contributed by atoms with E-state index >= 15 is 0 Å². The minimum Gasteiger partial charge on any atom is -0.463 e. The van der Waals surface area contributed by atoms with Gasteiger partial charge in [0.05, 0.1) is 16.7 Å². The number of ether oxygens (including phenoxy) is 3. The molecular weight excluding hydrogens is 368 g/mol. The number of carbonyl (C=O) groups is 2. The summed E-state index contributed by atoms with van der Waals surface area (Å²) in [6, 6.07) is -0.0556. The van der Waals surface area contributed by atoms with Crippen molar-refractivity contribution in [2.75, 3.05) is 6.61 Å². The first-order valence-electron chi connectivity index (χ1n) is 7.45. The van der Waals surface area contributed by atoms with Crippen molar-refractivity contribution in [3.63, 3.8) is 0 Å². The van der Waals surface area contributed by atoms with E-state index in [9.17, 15) is 9.59 Å². The molecule has 8 heteroatoms. The van der Waals surface area contributed by atoms with Crippen molar-refractivity contribution in [2.45, 2.75) is 46.1 Å². The summed E-state index contributed by atoms with van der Waals surface area (Å²) in [7, 11) is 0.